The van der Waals surface area contributed by atoms with E-state index >= 15 is 0 Å². The topological polar surface area (TPSA) is 91.8 Å². The lowest BCUT2D eigenvalue weighted by molar-refractivity contribution is 0.102. The standard InChI is InChI=1S/C31H42N6O3S/c1-20-9-10-21(29(38)33-24-18-22(31(2,3)4)19-25(35-41-8)28(24)39-7)17-26(20)40-27-11-14-32-30(34-27)37-15-12-23(13-16-37)36(5)6/h9-11,14,17-19,23,35H,12-13,15-16H2,1-8H3,(H,33,38). The Morgan fingerprint density at radius 3 is 2.44 bits per heavy atom. The van der Waals surface area contributed by atoms with Crippen LogP contribution in [-0.4, -0.2) is 67.4 Å². The van der Waals surface area contributed by atoms with Gasteiger partial charge in [-0.05, 0) is 74.7 Å². The maximum atomic E-state index is 13.5. The number of hydrogen-bond acceptors (Lipinski definition) is 9. The highest BCUT2D eigenvalue weighted by atomic mass is 32.2. The van der Waals surface area contributed by atoms with Crippen LogP contribution in [-0.2, 0) is 5.41 Å². The Kier molecular flexibility index (Phi) is 9.65. The number of aromatic nitrogens is 2. The normalized spacial score (nSPS) is 14.2. The van der Waals surface area contributed by atoms with Gasteiger partial charge in [0.1, 0.15) is 5.75 Å². The number of hydrogen-bond donors (Lipinski definition) is 2. The first-order valence-corrected chi connectivity index (χ1v) is 15.1. The zero-order chi connectivity index (χ0) is 29.7. The molecule has 4 rings (SSSR count). The maximum absolute atomic E-state index is 13.5. The summed E-state index contributed by atoms with van der Waals surface area (Å²) in [7, 11) is 5.86. The van der Waals surface area contributed by atoms with E-state index in [1.807, 2.05) is 25.3 Å². The summed E-state index contributed by atoms with van der Waals surface area (Å²) in [5, 5.41) is 3.06. The highest BCUT2D eigenvalue weighted by molar-refractivity contribution is 7.99. The van der Waals surface area contributed by atoms with Crippen molar-refractivity contribution in [1.82, 2.24) is 14.9 Å². The van der Waals surface area contributed by atoms with Crippen molar-refractivity contribution in [1.29, 1.82) is 0 Å². The predicted molar refractivity (Wildman–Crippen MR) is 169 cm³/mol. The van der Waals surface area contributed by atoms with Crippen molar-refractivity contribution in [3.8, 4) is 17.4 Å². The average Bonchev–Trinajstić information content (AvgIpc) is 2.94. The second-order valence-corrected chi connectivity index (χ2v) is 12.2. The summed E-state index contributed by atoms with van der Waals surface area (Å²) in [5.74, 6) is 1.98. The number of carbonyl (C=O) groups is 1. The van der Waals surface area contributed by atoms with Gasteiger partial charge in [-0.3, -0.25) is 4.79 Å². The Hall–Kier alpha value is -3.50. The highest BCUT2D eigenvalue weighted by Crippen LogP contribution is 2.40. The van der Waals surface area contributed by atoms with Gasteiger partial charge in [0.2, 0.25) is 11.8 Å². The summed E-state index contributed by atoms with van der Waals surface area (Å²) < 4.78 is 15.2. The molecule has 0 aliphatic carbocycles. The molecular weight excluding hydrogens is 536 g/mol. The molecule has 0 spiro atoms. The molecule has 1 aliphatic rings. The van der Waals surface area contributed by atoms with E-state index < -0.39 is 0 Å². The van der Waals surface area contributed by atoms with Crippen molar-refractivity contribution in [2.75, 3.05) is 55.5 Å². The first-order valence-electron chi connectivity index (χ1n) is 13.9. The van der Waals surface area contributed by atoms with E-state index in [0.717, 1.165) is 42.7 Å². The van der Waals surface area contributed by atoms with Crippen molar-refractivity contribution in [2.45, 2.75) is 52.0 Å². The van der Waals surface area contributed by atoms with Crippen LogP contribution in [0, 0.1) is 6.92 Å². The molecule has 0 atom stereocenters. The molecule has 3 aromatic rings. The summed E-state index contributed by atoms with van der Waals surface area (Å²) in [6, 6.07) is 11.8. The lowest BCUT2D eigenvalue weighted by Gasteiger charge is -2.35. The van der Waals surface area contributed by atoms with Crippen LogP contribution in [0.3, 0.4) is 0 Å². The van der Waals surface area contributed by atoms with Crippen LogP contribution in [0.4, 0.5) is 17.3 Å². The summed E-state index contributed by atoms with van der Waals surface area (Å²) >= 11 is 1.47. The fourth-order valence-corrected chi connectivity index (χ4v) is 5.21. The SMILES string of the molecule is COc1c(NSC)cc(C(C)(C)C)cc1NC(=O)c1ccc(C)c(Oc2ccnc(N3CCC(N(C)C)CC3)n2)c1. The van der Waals surface area contributed by atoms with Gasteiger partial charge in [-0.1, -0.05) is 38.8 Å². The third-order valence-electron chi connectivity index (χ3n) is 7.38. The first-order chi connectivity index (χ1) is 19.5. The van der Waals surface area contributed by atoms with Crippen molar-refractivity contribution in [3.63, 3.8) is 0 Å². The fourth-order valence-electron chi connectivity index (χ4n) is 4.84. The Morgan fingerprint density at radius 2 is 1.80 bits per heavy atom. The van der Waals surface area contributed by atoms with E-state index in [-0.39, 0.29) is 11.3 Å². The summed E-state index contributed by atoms with van der Waals surface area (Å²) in [5.41, 5.74) is 3.72. The number of rotatable bonds is 9. The van der Waals surface area contributed by atoms with Crippen molar-refractivity contribution >= 4 is 35.2 Å². The van der Waals surface area contributed by atoms with Crippen LogP contribution >= 0.6 is 11.9 Å². The number of aryl methyl sites for hydroxylation is 1. The molecule has 1 aliphatic heterocycles. The number of amides is 1. The molecule has 9 nitrogen and oxygen atoms in total. The van der Waals surface area contributed by atoms with Gasteiger partial charge in [0.25, 0.3) is 5.91 Å². The molecule has 41 heavy (non-hydrogen) atoms. The number of carbonyl (C=O) groups excluding carboxylic acids is 1. The predicted octanol–water partition coefficient (Wildman–Crippen LogP) is 6.36. The summed E-state index contributed by atoms with van der Waals surface area (Å²) in [4.78, 5) is 27.1. The molecule has 0 saturated carbocycles. The minimum absolute atomic E-state index is 0.121. The average molecular weight is 579 g/mol. The first kappa shape index (κ1) is 30.5. The number of anilines is 3. The van der Waals surface area contributed by atoms with Gasteiger partial charge in [0.15, 0.2) is 5.75 Å². The van der Waals surface area contributed by atoms with E-state index in [9.17, 15) is 4.79 Å². The van der Waals surface area contributed by atoms with E-state index in [2.05, 4.69) is 70.7 Å². The largest absolute Gasteiger partial charge is 0.492 e. The van der Waals surface area contributed by atoms with Gasteiger partial charge in [0.05, 0.1) is 18.5 Å². The number of methoxy groups -OCH3 is 1. The molecule has 220 valence electrons. The molecular formula is C31H42N6O3S. The van der Waals surface area contributed by atoms with Crippen LogP contribution in [0.1, 0.15) is 55.1 Å². The highest BCUT2D eigenvalue weighted by Gasteiger charge is 2.23. The van der Waals surface area contributed by atoms with Crippen LogP contribution < -0.4 is 24.4 Å². The number of nitrogens with one attached hydrogen (secondary N) is 2. The second-order valence-electron chi connectivity index (χ2n) is 11.6. The number of nitrogens with zero attached hydrogens (tertiary/aromatic N) is 4. The van der Waals surface area contributed by atoms with Gasteiger partial charge in [-0.15, -0.1) is 0 Å². The van der Waals surface area contributed by atoms with Crippen molar-refractivity contribution in [3.05, 3.63) is 59.3 Å². The Bertz CT molecular complexity index is 1370. The summed E-state index contributed by atoms with van der Waals surface area (Å²) in [6.45, 7) is 10.1. The monoisotopic (exact) mass is 578 g/mol. The maximum Gasteiger partial charge on any atom is 0.255 e. The van der Waals surface area contributed by atoms with Crippen LogP contribution in [0.2, 0.25) is 0 Å². The van der Waals surface area contributed by atoms with Gasteiger partial charge in [-0.25, -0.2) is 4.98 Å². The zero-order valence-corrected chi connectivity index (χ0v) is 26.2. The Balaban J connectivity index is 1.55. The van der Waals surface area contributed by atoms with E-state index in [1.165, 1.54) is 11.9 Å². The molecule has 0 bridgehead atoms. The second kappa shape index (κ2) is 13.0. The quantitative estimate of drug-likeness (QED) is 0.282. The number of ether oxygens (including phenoxy) is 2. The van der Waals surface area contributed by atoms with Gasteiger partial charge in [-0.2, -0.15) is 4.98 Å². The van der Waals surface area contributed by atoms with Gasteiger partial charge in [0, 0.05) is 43.2 Å². The molecule has 0 unspecified atom stereocenters. The van der Waals surface area contributed by atoms with E-state index in [4.69, 9.17) is 9.47 Å². The van der Waals surface area contributed by atoms with Crippen LogP contribution in [0.25, 0.3) is 0 Å². The molecule has 1 amide bonds. The Labute approximate surface area is 248 Å². The zero-order valence-electron chi connectivity index (χ0n) is 25.4. The number of piperidine rings is 1. The van der Waals surface area contributed by atoms with E-state index in [1.54, 1.807) is 31.5 Å². The Morgan fingerprint density at radius 1 is 1.10 bits per heavy atom. The van der Waals surface area contributed by atoms with Gasteiger partial charge >= 0.3 is 0 Å². The third-order valence-corrected chi connectivity index (χ3v) is 7.80. The fraction of sp³-hybridized carbons (Fsp3) is 0.452. The molecule has 1 fully saturated rings. The summed E-state index contributed by atoms with van der Waals surface area (Å²) in [6.07, 6.45) is 5.80. The number of benzene rings is 2. The smallest absolute Gasteiger partial charge is 0.255 e. The lowest BCUT2D eigenvalue weighted by Crippen LogP contribution is -2.42. The minimum Gasteiger partial charge on any atom is -0.492 e. The van der Waals surface area contributed by atoms with E-state index in [0.29, 0.717) is 40.6 Å². The van der Waals surface area contributed by atoms with Crippen LogP contribution in [0.15, 0.2) is 42.6 Å². The molecule has 2 N–H and O–H groups in total. The third kappa shape index (κ3) is 7.42. The lowest BCUT2D eigenvalue weighted by atomic mass is 9.86. The van der Waals surface area contributed by atoms with Gasteiger partial charge < -0.3 is 29.3 Å². The minimum atomic E-state index is -0.263. The molecule has 0 radical (unpaired) electrons. The molecule has 2 heterocycles. The van der Waals surface area contributed by atoms with Crippen molar-refractivity contribution < 1.29 is 14.3 Å². The van der Waals surface area contributed by atoms with Crippen LogP contribution in [0.5, 0.6) is 17.4 Å². The molecule has 1 saturated heterocycles. The molecule has 10 heteroatoms. The van der Waals surface area contributed by atoms with Crippen molar-refractivity contribution in [2.24, 2.45) is 0 Å². The molecule has 2 aromatic carbocycles. The molecule has 1 aromatic heterocycles.